The van der Waals surface area contributed by atoms with Crippen LogP contribution in [-0.2, 0) is 13.5 Å². The van der Waals surface area contributed by atoms with Gasteiger partial charge in [0.25, 0.3) is 5.91 Å². The molecule has 0 atom stereocenters. The first-order chi connectivity index (χ1) is 9.58. The summed E-state index contributed by atoms with van der Waals surface area (Å²) >= 11 is 0. The van der Waals surface area contributed by atoms with Gasteiger partial charge in [-0.25, -0.2) is 10.8 Å². The zero-order valence-electron chi connectivity index (χ0n) is 11.6. The van der Waals surface area contributed by atoms with Crippen LogP contribution >= 0.6 is 0 Å². The van der Waals surface area contributed by atoms with Crippen molar-refractivity contribution in [1.82, 2.24) is 20.1 Å². The number of carbonyl (C=O) groups excluding carboxylic acids is 1. The van der Waals surface area contributed by atoms with Gasteiger partial charge in [0.2, 0.25) is 0 Å². The van der Waals surface area contributed by atoms with Gasteiger partial charge in [-0.1, -0.05) is 0 Å². The first kappa shape index (κ1) is 14.0. The fourth-order valence-corrected chi connectivity index (χ4v) is 1.90. The maximum absolute atomic E-state index is 12.0. The van der Waals surface area contributed by atoms with Gasteiger partial charge in [0.05, 0.1) is 6.20 Å². The molecule has 0 spiro atoms. The first-order valence-electron chi connectivity index (χ1n) is 6.29. The highest BCUT2D eigenvalue weighted by molar-refractivity contribution is 5.94. The normalized spacial score (nSPS) is 10.3. The molecular weight excluding hydrogens is 256 g/mol. The fraction of sp³-hybridized carbons (Fsp3) is 0.308. The van der Waals surface area contributed by atoms with E-state index in [1.54, 1.807) is 23.0 Å². The second-order valence-corrected chi connectivity index (χ2v) is 4.55. The average molecular weight is 274 g/mol. The van der Waals surface area contributed by atoms with Crippen molar-refractivity contribution in [2.45, 2.75) is 13.3 Å². The molecule has 0 fully saturated rings. The number of pyridine rings is 1. The molecule has 0 aliphatic carbocycles. The Hall–Kier alpha value is -2.41. The number of aryl methyl sites for hydroxylation is 2. The Kier molecular flexibility index (Phi) is 4.31. The number of nitrogens with two attached hydrogens (primary N) is 1. The lowest BCUT2D eigenvalue weighted by atomic mass is 10.2. The average Bonchev–Trinajstić information content (AvgIpc) is 2.83. The molecule has 0 aromatic carbocycles. The summed E-state index contributed by atoms with van der Waals surface area (Å²) in [5.74, 6) is 5.64. The van der Waals surface area contributed by atoms with Crippen LogP contribution in [0.3, 0.4) is 0 Å². The maximum Gasteiger partial charge on any atom is 0.251 e. The Labute approximate surface area is 117 Å². The van der Waals surface area contributed by atoms with E-state index < -0.39 is 0 Å². The number of hydrazine groups is 1. The smallest absolute Gasteiger partial charge is 0.251 e. The predicted octanol–water partition coefficient (Wildman–Crippen LogP) is 0.382. The number of nitrogen functional groups attached to an aromatic ring is 1. The number of rotatable bonds is 5. The van der Waals surface area contributed by atoms with Gasteiger partial charge >= 0.3 is 0 Å². The fourth-order valence-electron chi connectivity index (χ4n) is 1.90. The summed E-state index contributed by atoms with van der Waals surface area (Å²) in [6.45, 7) is 2.37. The largest absolute Gasteiger partial charge is 0.352 e. The van der Waals surface area contributed by atoms with Crippen LogP contribution in [-0.4, -0.2) is 27.2 Å². The van der Waals surface area contributed by atoms with E-state index in [0.29, 0.717) is 17.9 Å². The molecule has 0 aliphatic heterocycles. The van der Waals surface area contributed by atoms with Crippen molar-refractivity contribution in [2.75, 3.05) is 12.0 Å². The van der Waals surface area contributed by atoms with Crippen molar-refractivity contribution >= 4 is 11.7 Å². The molecule has 0 bridgehead atoms. The van der Waals surface area contributed by atoms with Gasteiger partial charge < -0.3 is 10.7 Å². The molecule has 0 saturated carbocycles. The van der Waals surface area contributed by atoms with E-state index in [2.05, 4.69) is 20.8 Å². The monoisotopic (exact) mass is 274 g/mol. The summed E-state index contributed by atoms with van der Waals surface area (Å²) in [4.78, 5) is 16.2. The SMILES string of the molecule is Cc1cc(C(=O)NCCc2cnn(C)c2)cc(NN)n1. The van der Waals surface area contributed by atoms with Crippen LogP contribution < -0.4 is 16.6 Å². The lowest BCUT2D eigenvalue weighted by molar-refractivity contribution is 0.0954. The maximum atomic E-state index is 12.0. The van der Waals surface area contributed by atoms with E-state index in [0.717, 1.165) is 17.7 Å². The molecule has 4 N–H and O–H groups in total. The Morgan fingerprint density at radius 1 is 1.45 bits per heavy atom. The molecule has 106 valence electrons. The highest BCUT2D eigenvalue weighted by atomic mass is 16.1. The molecule has 0 saturated heterocycles. The van der Waals surface area contributed by atoms with E-state index in [9.17, 15) is 4.79 Å². The molecule has 20 heavy (non-hydrogen) atoms. The van der Waals surface area contributed by atoms with Crippen molar-refractivity contribution in [3.05, 3.63) is 41.3 Å². The van der Waals surface area contributed by atoms with Crippen LogP contribution in [0.1, 0.15) is 21.6 Å². The Morgan fingerprint density at radius 2 is 2.25 bits per heavy atom. The van der Waals surface area contributed by atoms with E-state index >= 15 is 0 Å². The molecule has 1 amide bonds. The number of nitrogens with zero attached hydrogens (tertiary/aromatic N) is 3. The van der Waals surface area contributed by atoms with Gasteiger partial charge in [0.15, 0.2) is 0 Å². The summed E-state index contributed by atoms with van der Waals surface area (Å²) in [6.07, 6.45) is 4.46. The predicted molar refractivity (Wildman–Crippen MR) is 76.0 cm³/mol. The second-order valence-electron chi connectivity index (χ2n) is 4.55. The highest BCUT2D eigenvalue weighted by Crippen LogP contribution is 2.09. The lowest BCUT2D eigenvalue weighted by Gasteiger charge is -2.07. The molecule has 0 radical (unpaired) electrons. The van der Waals surface area contributed by atoms with Gasteiger partial charge in [-0.3, -0.25) is 9.48 Å². The van der Waals surface area contributed by atoms with Gasteiger partial charge in [0, 0.05) is 31.0 Å². The molecule has 0 unspecified atom stereocenters. The van der Waals surface area contributed by atoms with Crippen molar-refractivity contribution in [3.63, 3.8) is 0 Å². The Bertz CT molecular complexity index is 607. The minimum atomic E-state index is -0.143. The van der Waals surface area contributed by atoms with Crippen LogP contribution in [0.2, 0.25) is 0 Å². The number of anilines is 1. The van der Waals surface area contributed by atoms with Crippen LogP contribution in [0, 0.1) is 6.92 Å². The number of amides is 1. The van der Waals surface area contributed by atoms with Crippen LogP contribution in [0.15, 0.2) is 24.5 Å². The molecule has 2 aromatic rings. The van der Waals surface area contributed by atoms with Crippen molar-refractivity contribution in [2.24, 2.45) is 12.9 Å². The van der Waals surface area contributed by atoms with Crippen molar-refractivity contribution in [1.29, 1.82) is 0 Å². The summed E-state index contributed by atoms with van der Waals surface area (Å²) in [5, 5.41) is 6.94. The molecule has 2 heterocycles. The minimum absolute atomic E-state index is 0.143. The standard InChI is InChI=1S/C13H18N6O/c1-9-5-11(6-12(17-9)18-14)13(20)15-4-3-10-7-16-19(2)8-10/h5-8H,3-4,14H2,1-2H3,(H,15,20)(H,17,18). The summed E-state index contributed by atoms with van der Waals surface area (Å²) < 4.78 is 1.74. The van der Waals surface area contributed by atoms with E-state index in [1.165, 1.54) is 0 Å². The number of hydrogen-bond acceptors (Lipinski definition) is 5. The van der Waals surface area contributed by atoms with Crippen LogP contribution in [0.5, 0.6) is 0 Å². The number of carbonyl (C=O) groups is 1. The zero-order valence-corrected chi connectivity index (χ0v) is 11.6. The van der Waals surface area contributed by atoms with Crippen molar-refractivity contribution < 1.29 is 4.79 Å². The highest BCUT2D eigenvalue weighted by Gasteiger charge is 2.08. The Morgan fingerprint density at radius 3 is 2.90 bits per heavy atom. The third-order valence-corrected chi connectivity index (χ3v) is 2.82. The topological polar surface area (TPSA) is 97.9 Å². The zero-order chi connectivity index (χ0) is 14.5. The molecule has 2 rings (SSSR count). The summed E-state index contributed by atoms with van der Waals surface area (Å²) in [6, 6.07) is 3.34. The van der Waals surface area contributed by atoms with E-state index in [4.69, 9.17) is 5.84 Å². The quantitative estimate of drug-likeness (QED) is 0.541. The number of hydrogen-bond donors (Lipinski definition) is 3. The van der Waals surface area contributed by atoms with E-state index in [1.807, 2.05) is 20.2 Å². The molecule has 7 heteroatoms. The third kappa shape index (κ3) is 3.55. The van der Waals surface area contributed by atoms with Crippen molar-refractivity contribution in [3.8, 4) is 0 Å². The summed E-state index contributed by atoms with van der Waals surface area (Å²) in [7, 11) is 1.86. The van der Waals surface area contributed by atoms with Gasteiger partial charge in [-0.05, 0) is 31.0 Å². The van der Waals surface area contributed by atoms with E-state index in [-0.39, 0.29) is 5.91 Å². The molecule has 7 nitrogen and oxygen atoms in total. The lowest BCUT2D eigenvalue weighted by Crippen LogP contribution is -2.26. The Balaban J connectivity index is 1.93. The van der Waals surface area contributed by atoms with Gasteiger partial charge in [0.1, 0.15) is 5.82 Å². The third-order valence-electron chi connectivity index (χ3n) is 2.82. The second kappa shape index (κ2) is 6.16. The molecule has 0 aliphatic rings. The van der Waals surface area contributed by atoms with Crippen LogP contribution in [0.25, 0.3) is 0 Å². The minimum Gasteiger partial charge on any atom is -0.352 e. The molecular formula is C13H18N6O. The number of nitrogens with one attached hydrogen (secondary N) is 2. The first-order valence-corrected chi connectivity index (χ1v) is 6.29. The molecule has 2 aromatic heterocycles. The van der Waals surface area contributed by atoms with Crippen LogP contribution in [0.4, 0.5) is 5.82 Å². The van der Waals surface area contributed by atoms with Gasteiger partial charge in [-0.2, -0.15) is 5.10 Å². The summed E-state index contributed by atoms with van der Waals surface area (Å²) in [5.41, 5.74) is 4.80. The number of aromatic nitrogens is 3. The van der Waals surface area contributed by atoms with Gasteiger partial charge in [-0.15, -0.1) is 0 Å².